The minimum atomic E-state index is -3.60. The third-order valence-electron chi connectivity index (χ3n) is 6.40. The zero-order valence-corrected chi connectivity index (χ0v) is 19.6. The van der Waals surface area contributed by atoms with Gasteiger partial charge in [0.2, 0.25) is 21.8 Å². The van der Waals surface area contributed by atoms with Crippen molar-refractivity contribution in [2.75, 3.05) is 29.9 Å². The van der Waals surface area contributed by atoms with Crippen molar-refractivity contribution in [3.05, 3.63) is 53.3 Å². The molecule has 1 N–H and O–H groups in total. The number of piperidine rings is 1. The molecule has 0 saturated carbocycles. The van der Waals surface area contributed by atoms with Crippen LogP contribution in [0.4, 0.5) is 15.8 Å². The average Bonchev–Trinajstić information content (AvgIpc) is 2.77. The highest BCUT2D eigenvalue weighted by atomic mass is 32.2. The standard InChI is InChI=1S/C24H28FN3O4S/c1-16-9-11-27(12-10-16)33(31,32)20-5-7-22-18(14-20)3-8-24(30)28(22)15-23(29)26-21-6-4-19(25)13-17(21)2/h4-7,13-14,16H,3,8-12,15H2,1-2H3,(H,26,29). The number of rotatable bonds is 5. The molecule has 0 spiro atoms. The van der Waals surface area contributed by atoms with Gasteiger partial charge in [0.05, 0.1) is 4.90 Å². The highest BCUT2D eigenvalue weighted by Crippen LogP contribution is 2.32. The van der Waals surface area contributed by atoms with Gasteiger partial charge in [-0.2, -0.15) is 4.31 Å². The Kier molecular flexibility index (Phi) is 6.54. The first-order chi connectivity index (χ1) is 15.6. The number of aryl methyl sites for hydroxylation is 2. The van der Waals surface area contributed by atoms with E-state index in [9.17, 15) is 22.4 Å². The van der Waals surface area contributed by atoms with Crippen molar-refractivity contribution < 1.29 is 22.4 Å². The highest BCUT2D eigenvalue weighted by Gasteiger charge is 2.31. The van der Waals surface area contributed by atoms with Crippen LogP contribution < -0.4 is 10.2 Å². The lowest BCUT2D eigenvalue weighted by Crippen LogP contribution is -2.41. The van der Waals surface area contributed by atoms with E-state index in [2.05, 4.69) is 12.2 Å². The molecule has 33 heavy (non-hydrogen) atoms. The molecule has 0 aliphatic carbocycles. The van der Waals surface area contributed by atoms with E-state index in [1.807, 2.05) is 0 Å². The van der Waals surface area contributed by atoms with Gasteiger partial charge in [-0.15, -0.1) is 0 Å². The summed E-state index contributed by atoms with van der Waals surface area (Å²) in [6.45, 7) is 4.62. The van der Waals surface area contributed by atoms with Gasteiger partial charge in [-0.05, 0) is 79.6 Å². The van der Waals surface area contributed by atoms with Gasteiger partial charge < -0.3 is 10.2 Å². The molecule has 2 heterocycles. The second-order valence-corrected chi connectivity index (χ2v) is 10.8. The Labute approximate surface area is 193 Å². The molecule has 2 aromatic carbocycles. The molecule has 7 nitrogen and oxygen atoms in total. The molecule has 2 aliphatic heterocycles. The molecule has 0 aromatic heterocycles. The summed E-state index contributed by atoms with van der Waals surface area (Å²) in [5.74, 6) is -0.487. The van der Waals surface area contributed by atoms with E-state index in [1.165, 1.54) is 33.5 Å². The number of benzene rings is 2. The molecule has 2 aliphatic rings. The number of fused-ring (bicyclic) bond motifs is 1. The van der Waals surface area contributed by atoms with Crippen LogP contribution in [0.2, 0.25) is 0 Å². The maximum Gasteiger partial charge on any atom is 0.244 e. The number of anilines is 2. The number of nitrogens with one attached hydrogen (secondary N) is 1. The molecule has 0 radical (unpaired) electrons. The van der Waals surface area contributed by atoms with Gasteiger partial charge >= 0.3 is 0 Å². The van der Waals surface area contributed by atoms with Crippen molar-refractivity contribution in [1.82, 2.24) is 4.31 Å². The molecule has 1 fully saturated rings. The zero-order valence-electron chi connectivity index (χ0n) is 18.8. The normalized spacial score (nSPS) is 17.7. The van der Waals surface area contributed by atoms with Crippen LogP contribution in [-0.4, -0.2) is 44.2 Å². The van der Waals surface area contributed by atoms with Gasteiger partial charge in [0.15, 0.2) is 0 Å². The molecule has 4 rings (SSSR count). The smallest absolute Gasteiger partial charge is 0.244 e. The van der Waals surface area contributed by atoms with E-state index in [0.717, 1.165) is 18.4 Å². The Balaban J connectivity index is 1.53. The van der Waals surface area contributed by atoms with Crippen LogP contribution in [0.15, 0.2) is 41.3 Å². The Bertz CT molecular complexity index is 1190. The summed E-state index contributed by atoms with van der Waals surface area (Å²) in [6.07, 6.45) is 2.30. The molecule has 0 unspecified atom stereocenters. The average molecular weight is 474 g/mol. The van der Waals surface area contributed by atoms with Gasteiger partial charge in [-0.3, -0.25) is 9.59 Å². The summed E-state index contributed by atoms with van der Waals surface area (Å²) in [6, 6.07) is 8.82. The summed E-state index contributed by atoms with van der Waals surface area (Å²) in [7, 11) is -3.60. The van der Waals surface area contributed by atoms with Crippen molar-refractivity contribution in [2.45, 2.75) is 44.4 Å². The summed E-state index contributed by atoms with van der Waals surface area (Å²) in [5.41, 5.74) is 2.33. The second-order valence-electron chi connectivity index (χ2n) is 8.86. The van der Waals surface area contributed by atoms with Crippen LogP contribution in [0.25, 0.3) is 0 Å². The molecule has 1 saturated heterocycles. The molecular weight excluding hydrogens is 445 g/mol. The van der Waals surface area contributed by atoms with Gasteiger partial charge in [-0.1, -0.05) is 6.92 Å². The van der Waals surface area contributed by atoms with Crippen molar-refractivity contribution in [1.29, 1.82) is 0 Å². The zero-order chi connectivity index (χ0) is 23.8. The van der Waals surface area contributed by atoms with Crippen LogP contribution in [0, 0.1) is 18.7 Å². The SMILES string of the molecule is Cc1cc(F)ccc1NC(=O)CN1C(=O)CCc2cc(S(=O)(=O)N3CCC(C)CC3)ccc21. The van der Waals surface area contributed by atoms with Crippen molar-refractivity contribution in [2.24, 2.45) is 5.92 Å². The number of nitrogens with zero attached hydrogens (tertiary/aromatic N) is 2. The quantitative estimate of drug-likeness (QED) is 0.721. The fourth-order valence-electron chi connectivity index (χ4n) is 4.35. The number of halogens is 1. The van der Waals surface area contributed by atoms with Crippen LogP contribution >= 0.6 is 0 Å². The lowest BCUT2D eigenvalue weighted by molar-refractivity contribution is -0.121. The summed E-state index contributed by atoms with van der Waals surface area (Å²) >= 11 is 0. The maximum atomic E-state index is 13.3. The molecule has 0 atom stereocenters. The number of amides is 2. The van der Waals surface area contributed by atoms with E-state index < -0.39 is 21.7 Å². The number of hydrogen-bond donors (Lipinski definition) is 1. The van der Waals surface area contributed by atoms with E-state index in [-0.39, 0.29) is 23.8 Å². The van der Waals surface area contributed by atoms with E-state index in [1.54, 1.807) is 19.1 Å². The van der Waals surface area contributed by atoms with E-state index in [4.69, 9.17) is 0 Å². The van der Waals surface area contributed by atoms with E-state index >= 15 is 0 Å². The van der Waals surface area contributed by atoms with Gasteiger partial charge in [0.1, 0.15) is 12.4 Å². The summed E-state index contributed by atoms with van der Waals surface area (Å²) in [4.78, 5) is 26.8. The molecule has 2 aromatic rings. The Morgan fingerprint density at radius 2 is 1.85 bits per heavy atom. The lowest BCUT2D eigenvalue weighted by atomic mass is 10.0. The second kappa shape index (κ2) is 9.23. The predicted octanol–water partition coefficient (Wildman–Crippen LogP) is 3.47. The number of sulfonamides is 1. The highest BCUT2D eigenvalue weighted by molar-refractivity contribution is 7.89. The Morgan fingerprint density at radius 1 is 1.12 bits per heavy atom. The fraction of sp³-hybridized carbons (Fsp3) is 0.417. The first-order valence-electron chi connectivity index (χ1n) is 11.1. The van der Waals surface area contributed by atoms with Crippen LogP contribution in [0.3, 0.4) is 0 Å². The van der Waals surface area contributed by atoms with Crippen molar-refractivity contribution >= 4 is 33.2 Å². The van der Waals surface area contributed by atoms with Crippen LogP contribution in [0.1, 0.15) is 37.3 Å². The molecular formula is C24H28FN3O4S. The Morgan fingerprint density at radius 3 is 2.55 bits per heavy atom. The van der Waals surface area contributed by atoms with Crippen LogP contribution in [-0.2, 0) is 26.0 Å². The predicted molar refractivity (Wildman–Crippen MR) is 124 cm³/mol. The summed E-state index contributed by atoms with van der Waals surface area (Å²) < 4.78 is 41.1. The summed E-state index contributed by atoms with van der Waals surface area (Å²) in [5, 5.41) is 2.72. The van der Waals surface area contributed by atoms with Crippen molar-refractivity contribution in [3.8, 4) is 0 Å². The van der Waals surface area contributed by atoms with E-state index in [0.29, 0.717) is 42.4 Å². The minimum absolute atomic E-state index is 0.195. The van der Waals surface area contributed by atoms with Gasteiger partial charge in [0.25, 0.3) is 0 Å². The topological polar surface area (TPSA) is 86.8 Å². The molecule has 9 heteroatoms. The molecule has 2 amide bonds. The first kappa shape index (κ1) is 23.4. The monoisotopic (exact) mass is 473 g/mol. The third kappa shape index (κ3) is 4.94. The number of hydrogen-bond acceptors (Lipinski definition) is 4. The fourth-order valence-corrected chi connectivity index (χ4v) is 5.87. The van der Waals surface area contributed by atoms with Gasteiger partial charge in [-0.25, -0.2) is 12.8 Å². The molecule has 0 bridgehead atoms. The Hall–Kier alpha value is -2.78. The van der Waals surface area contributed by atoms with Gasteiger partial charge in [0, 0.05) is 30.9 Å². The maximum absolute atomic E-state index is 13.3. The number of carbonyl (C=O) groups excluding carboxylic acids is 2. The van der Waals surface area contributed by atoms with Crippen molar-refractivity contribution in [3.63, 3.8) is 0 Å². The lowest BCUT2D eigenvalue weighted by Gasteiger charge is -2.31. The molecule has 176 valence electrons. The third-order valence-corrected chi connectivity index (χ3v) is 8.29. The largest absolute Gasteiger partial charge is 0.324 e. The van der Waals surface area contributed by atoms with Crippen LogP contribution in [0.5, 0.6) is 0 Å². The first-order valence-corrected chi connectivity index (χ1v) is 12.6. The number of carbonyl (C=O) groups is 2. The minimum Gasteiger partial charge on any atom is -0.324 e.